The Kier molecular flexibility index (Phi) is 5.62. The highest BCUT2D eigenvalue weighted by Crippen LogP contribution is 2.31. The third-order valence-electron chi connectivity index (χ3n) is 5.52. The van der Waals surface area contributed by atoms with E-state index in [1.165, 1.54) is 0 Å². The first-order valence-electron chi connectivity index (χ1n) is 9.67. The van der Waals surface area contributed by atoms with Gasteiger partial charge in [0, 0.05) is 13.1 Å². The smallest absolute Gasteiger partial charge is 0.338 e. The van der Waals surface area contributed by atoms with Crippen LogP contribution in [0.4, 0.5) is 0 Å². The van der Waals surface area contributed by atoms with Crippen LogP contribution in [0.2, 0.25) is 0 Å². The molecule has 2 N–H and O–H groups in total. The molecule has 29 heavy (non-hydrogen) atoms. The Labute approximate surface area is 168 Å². The van der Waals surface area contributed by atoms with Crippen molar-refractivity contribution in [2.24, 2.45) is 0 Å². The Morgan fingerprint density at radius 2 is 1.41 bits per heavy atom. The quantitative estimate of drug-likeness (QED) is 0.750. The van der Waals surface area contributed by atoms with Crippen molar-refractivity contribution in [1.82, 2.24) is 4.90 Å². The Morgan fingerprint density at radius 1 is 0.862 bits per heavy atom. The average molecular weight is 397 g/mol. The monoisotopic (exact) mass is 397 g/mol. The molecule has 7 nitrogen and oxygen atoms in total. The standard InChI is InChI=1S/C22H23NO6/c24-16-11-12-23-13-17(28-21(26)14-7-3-1-4-8-14)20(19(25)18(16)23)29-22(27)15-9-5-2-6-10-15/h1-10,16-20,24-25H,11-13H2/t16-,17-,18+,19-,20+/m0/s1. The molecule has 152 valence electrons. The third-order valence-corrected chi connectivity index (χ3v) is 5.52. The van der Waals surface area contributed by atoms with Gasteiger partial charge in [-0.25, -0.2) is 9.59 Å². The summed E-state index contributed by atoms with van der Waals surface area (Å²) in [5.74, 6) is -1.17. The van der Waals surface area contributed by atoms with Crippen molar-refractivity contribution in [1.29, 1.82) is 0 Å². The maximum atomic E-state index is 12.6. The predicted molar refractivity (Wildman–Crippen MR) is 103 cm³/mol. The molecule has 0 radical (unpaired) electrons. The molecule has 2 saturated heterocycles. The molecule has 0 spiro atoms. The fourth-order valence-electron chi connectivity index (χ4n) is 4.06. The number of ether oxygens (including phenoxy) is 2. The van der Waals surface area contributed by atoms with E-state index in [2.05, 4.69) is 0 Å². The molecule has 0 saturated carbocycles. The highest BCUT2D eigenvalue weighted by atomic mass is 16.6. The van der Waals surface area contributed by atoms with Crippen LogP contribution >= 0.6 is 0 Å². The maximum absolute atomic E-state index is 12.6. The Bertz CT molecular complexity index is 858. The van der Waals surface area contributed by atoms with E-state index in [0.717, 1.165) is 0 Å². The number of hydrogen-bond donors (Lipinski definition) is 2. The molecule has 2 aromatic carbocycles. The lowest BCUT2D eigenvalue weighted by molar-refractivity contribution is -0.147. The zero-order valence-electron chi connectivity index (χ0n) is 15.8. The van der Waals surface area contributed by atoms with E-state index in [1.807, 2.05) is 4.90 Å². The van der Waals surface area contributed by atoms with Crippen LogP contribution in [0.5, 0.6) is 0 Å². The van der Waals surface area contributed by atoms with Gasteiger partial charge in [0.15, 0.2) is 12.2 Å². The largest absolute Gasteiger partial charge is 0.453 e. The van der Waals surface area contributed by atoms with Gasteiger partial charge >= 0.3 is 11.9 Å². The minimum absolute atomic E-state index is 0.268. The lowest BCUT2D eigenvalue weighted by atomic mass is 9.92. The topological polar surface area (TPSA) is 96.3 Å². The van der Waals surface area contributed by atoms with Crippen molar-refractivity contribution in [3.05, 3.63) is 71.8 Å². The van der Waals surface area contributed by atoms with E-state index in [1.54, 1.807) is 60.7 Å². The first kappa shape index (κ1) is 19.6. The van der Waals surface area contributed by atoms with Crippen LogP contribution in [0.1, 0.15) is 27.1 Å². The molecule has 2 aromatic rings. The molecule has 2 heterocycles. The summed E-state index contributed by atoms with van der Waals surface area (Å²) in [6.07, 6.45) is -3.34. The highest BCUT2D eigenvalue weighted by molar-refractivity contribution is 5.90. The molecular formula is C22H23NO6. The van der Waals surface area contributed by atoms with Crippen LogP contribution in [-0.4, -0.2) is 70.6 Å². The van der Waals surface area contributed by atoms with Gasteiger partial charge in [-0.05, 0) is 30.7 Å². The number of aliphatic hydroxyl groups is 2. The van der Waals surface area contributed by atoms with Gasteiger partial charge in [0.25, 0.3) is 0 Å². The van der Waals surface area contributed by atoms with Crippen LogP contribution in [0.15, 0.2) is 60.7 Å². The first-order chi connectivity index (χ1) is 14.0. The molecule has 0 unspecified atom stereocenters. The summed E-state index contributed by atoms with van der Waals surface area (Å²) in [6.45, 7) is 0.839. The summed E-state index contributed by atoms with van der Waals surface area (Å²) in [6, 6.07) is 16.4. The number of piperidine rings is 1. The number of hydrogen-bond acceptors (Lipinski definition) is 7. The fourth-order valence-corrected chi connectivity index (χ4v) is 4.06. The molecule has 0 aromatic heterocycles. The van der Waals surface area contributed by atoms with Crippen molar-refractivity contribution < 1.29 is 29.3 Å². The number of fused-ring (bicyclic) bond motifs is 1. The van der Waals surface area contributed by atoms with Gasteiger partial charge in [0.05, 0.1) is 23.3 Å². The summed E-state index contributed by atoms with van der Waals surface area (Å²) in [5, 5.41) is 21.1. The molecule has 2 fully saturated rings. The number of esters is 2. The van der Waals surface area contributed by atoms with Gasteiger partial charge in [-0.2, -0.15) is 0 Å². The Balaban J connectivity index is 1.56. The summed E-state index contributed by atoms with van der Waals surface area (Å²) in [7, 11) is 0. The van der Waals surface area contributed by atoms with Gasteiger partial charge in [-0.15, -0.1) is 0 Å². The Hall–Kier alpha value is -2.74. The number of nitrogens with zero attached hydrogens (tertiary/aromatic N) is 1. The van der Waals surface area contributed by atoms with Crippen molar-refractivity contribution in [2.75, 3.05) is 13.1 Å². The molecule has 2 aliphatic heterocycles. The molecule has 0 amide bonds. The lowest BCUT2D eigenvalue weighted by Gasteiger charge is -2.43. The van der Waals surface area contributed by atoms with Crippen LogP contribution < -0.4 is 0 Å². The molecule has 0 aliphatic carbocycles. The zero-order valence-corrected chi connectivity index (χ0v) is 15.8. The van der Waals surface area contributed by atoms with Gasteiger partial charge < -0.3 is 19.7 Å². The van der Waals surface area contributed by atoms with Crippen LogP contribution in [-0.2, 0) is 9.47 Å². The van der Waals surface area contributed by atoms with E-state index in [-0.39, 0.29) is 6.54 Å². The van der Waals surface area contributed by atoms with E-state index < -0.39 is 42.4 Å². The molecular weight excluding hydrogens is 374 g/mol. The second-order valence-electron chi connectivity index (χ2n) is 7.38. The van der Waals surface area contributed by atoms with Crippen molar-refractivity contribution >= 4 is 11.9 Å². The molecule has 0 bridgehead atoms. The SMILES string of the molecule is O=C(O[C@H]1[C@@H](O)[C@H]2[C@@H](O)CCN2C[C@@H]1OC(=O)c1ccccc1)c1ccccc1. The molecule has 5 atom stereocenters. The van der Waals surface area contributed by atoms with E-state index in [0.29, 0.717) is 24.1 Å². The van der Waals surface area contributed by atoms with Crippen molar-refractivity contribution in [2.45, 2.75) is 36.9 Å². The highest BCUT2D eigenvalue weighted by Gasteiger charge is 2.51. The molecule has 4 rings (SSSR count). The fraction of sp³-hybridized carbons (Fsp3) is 0.364. The van der Waals surface area contributed by atoms with Crippen LogP contribution in [0, 0.1) is 0 Å². The third kappa shape index (κ3) is 4.03. The number of carbonyl (C=O) groups is 2. The normalized spacial score (nSPS) is 29.1. The summed E-state index contributed by atoms with van der Waals surface area (Å²) in [5.41, 5.74) is 0.709. The van der Waals surface area contributed by atoms with E-state index in [9.17, 15) is 19.8 Å². The minimum Gasteiger partial charge on any atom is -0.453 e. The maximum Gasteiger partial charge on any atom is 0.338 e. The summed E-state index contributed by atoms with van der Waals surface area (Å²) < 4.78 is 11.2. The zero-order chi connectivity index (χ0) is 20.4. The second kappa shape index (κ2) is 8.32. The van der Waals surface area contributed by atoms with Crippen LogP contribution in [0.3, 0.4) is 0 Å². The van der Waals surface area contributed by atoms with Gasteiger partial charge in [-0.1, -0.05) is 36.4 Å². The molecule has 7 heteroatoms. The lowest BCUT2D eigenvalue weighted by Crippen LogP contribution is -2.63. The van der Waals surface area contributed by atoms with Gasteiger partial charge in [0.1, 0.15) is 6.10 Å². The Morgan fingerprint density at radius 3 is 2.00 bits per heavy atom. The van der Waals surface area contributed by atoms with E-state index in [4.69, 9.17) is 9.47 Å². The van der Waals surface area contributed by atoms with E-state index >= 15 is 0 Å². The number of rotatable bonds is 4. The van der Waals surface area contributed by atoms with Gasteiger partial charge in [0.2, 0.25) is 0 Å². The first-order valence-corrected chi connectivity index (χ1v) is 9.67. The second-order valence-corrected chi connectivity index (χ2v) is 7.38. The van der Waals surface area contributed by atoms with Crippen molar-refractivity contribution in [3.63, 3.8) is 0 Å². The summed E-state index contributed by atoms with van der Waals surface area (Å²) >= 11 is 0. The van der Waals surface area contributed by atoms with Gasteiger partial charge in [-0.3, -0.25) is 4.90 Å². The number of benzene rings is 2. The van der Waals surface area contributed by atoms with Crippen molar-refractivity contribution in [3.8, 4) is 0 Å². The minimum atomic E-state index is -1.18. The predicted octanol–water partition coefficient (Wildman–Crippen LogP) is 1.25. The molecule has 2 aliphatic rings. The van der Waals surface area contributed by atoms with Crippen LogP contribution in [0.25, 0.3) is 0 Å². The summed E-state index contributed by atoms with van der Waals surface area (Å²) in [4.78, 5) is 27.0. The average Bonchev–Trinajstić information content (AvgIpc) is 3.12. The number of aliphatic hydroxyl groups excluding tert-OH is 2. The number of carbonyl (C=O) groups excluding carboxylic acids is 2.